The van der Waals surface area contributed by atoms with Crippen molar-refractivity contribution in [1.82, 2.24) is 0 Å². The average Bonchev–Trinajstić information content (AvgIpc) is 2.70. The van der Waals surface area contributed by atoms with Crippen LogP contribution in [0, 0.1) is 5.92 Å². The Labute approximate surface area is 164 Å². The molecule has 0 saturated carbocycles. The summed E-state index contributed by atoms with van der Waals surface area (Å²) >= 11 is 0. The largest absolute Gasteiger partial charge is 0.496 e. The Kier molecular flexibility index (Phi) is 5.41. The number of rotatable bonds is 4. The van der Waals surface area contributed by atoms with Crippen molar-refractivity contribution >= 4 is 11.9 Å². The topological polar surface area (TPSA) is 71.1 Å². The molecule has 0 bridgehead atoms. The molecule has 0 radical (unpaired) electrons. The third-order valence-electron chi connectivity index (χ3n) is 4.70. The maximum atomic E-state index is 13.7. The number of ether oxygens (including phenoxy) is 4. The predicted octanol–water partition coefficient (Wildman–Crippen LogP) is 3.56. The van der Waals surface area contributed by atoms with Crippen molar-refractivity contribution in [1.29, 1.82) is 0 Å². The van der Waals surface area contributed by atoms with Crippen molar-refractivity contribution in [3.05, 3.63) is 53.1 Å². The van der Waals surface area contributed by atoms with Gasteiger partial charge in [0.25, 0.3) is 0 Å². The minimum atomic E-state index is -4.71. The molecule has 2 aromatic rings. The Balaban J connectivity index is 2.36. The van der Waals surface area contributed by atoms with Crippen LogP contribution >= 0.6 is 0 Å². The van der Waals surface area contributed by atoms with E-state index in [0.29, 0.717) is 0 Å². The number of carbonyl (C=O) groups excluding carboxylic acids is 2. The molecule has 2 aromatic carbocycles. The Morgan fingerprint density at radius 2 is 1.76 bits per heavy atom. The summed E-state index contributed by atoms with van der Waals surface area (Å²) in [5, 5.41) is 0. The quantitative estimate of drug-likeness (QED) is 0.436. The van der Waals surface area contributed by atoms with Crippen molar-refractivity contribution in [3.8, 4) is 17.2 Å². The molecular weight excluding hydrogens is 393 g/mol. The number of carbonyl (C=O) groups is 2. The number of hydrogen-bond donors (Lipinski definition) is 0. The van der Waals surface area contributed by atoms with Crippen LogP contribution in [0.5, 0.6) is 17.2 Å². The molecule has 0 N–H and O–H groups in total. The van der Waals surface area contributed by atoms with E-state index in [4.69, 9.17) is 14.2 Å². The summed E-state index contributed by atoms with van der Waals surface area (Å²) in [5.74, 6) is -4.68. The predicted molar refractivity (Wildman–Crippen MR) is 94.0 cm³/mol. The fourth-order valence-corrected chi connectivity index (χ4v) is 3.45. The first kappa shape index (κ1) is 20.5. The van der Waals surface area contributed by atoms with Gasteiger partial charge >= 0.3 is 18.1 Å². The number of fused-ring (bicyclic) bond motifs is 1. The Bertz CT molecular complexity index is 954. The van der Waals surface area contributed by atoms with Gasteiger partial charge in [-0.05, 0) is 11.6 Å². The van der Waals surface area contributed by atoms with E-state index in [1.54, 1.807) is 0 Å². The fourth-order valence-electron chi connectivity index (χ4n) is 3.45. The van der Waals surface area contributed by atoms with Gasteiger partial charge in [-0.2, -0.15) is 13.2 Å². The molecule has 0 unspecified atom stereocenters. The first-order chi connectivity index (χ1) is 13.7. The summed E-state index contributed by atoms with van der Waals surface area (Å²) in [5.41, 5.74) is -1.12. The van der Waals surface area contributed by atoms with Crippen LogP contribution in [-0.2, 0) is 20.5 Å². The summed E-state index contributed by atoms with van der Waals surface area (Å²) < 4.78 is 61.5. The van der Waals surface area contributed by atoms with E-state index in [0.717, 1.165) is 13.2 Å². The highest BCUT2D eigenvalue weighted by molar-refractivity contribution is 5.99. The van der Waals surface area contributed by atoms with Gasteiger partial charge in [-0.1, -0.05) is 18.2 Å². The van der Waals surface area contributed by atoms with Gasteiger partial charge in [0.15, 0.2) is 5.92 Å². The zero-order valence-corrected chi connectivity index (χ0v) is 15.7. The molecule has 0 spiro atoms. The van der Waals surface area contributed by atoms with E-state index in [-0.39, 0.29) is 28.4 Å². The van der Waals surface area contributed by atoms with Crippen LogP contribution in [0.25, 0.3) is 0 Å². The summed E-state index contributed by atoms with van der Waals surface area (Å²) in [6.45, 7) is 0. The van der Waals surface area contributed by atoms with Crippen LogP contribution < -0.4 is 14.2 Å². The van der Waals surface area contributed by atoms with Gasteiger partial charge < -0.3 is 18.9 Å². The fraction of sp³-hybridized carbons (Fsp3) is 0.300. The summed E-state index contributed by atoms with van der Waals surface area (Å²) in [7, 11) is 3.73. The van der Waals surface area contributed by atoms with Crippen molar-refractivity contribution in [2.45, 2.75) is 12.1 Å². The Morgan fingerprint density at radius 3 is 2.34 bits per heavy atom. The number of alkyl halides is 3. The van der Waals surface area contributed by atoms with Crippen LogP contribution in [0.4, 0.5) is 13.2 Å². The monoisotopic (exact) mass is 410 g/mol. The number of methoxy groups -OCH3 is 3. The molecule has 1 aliphatic heterocycles. The minimum Gasteiger partial charge on any atom is -0.496 e. The van der Waals surface area contributed by atoms with Gasteiger partial charge in [-0.25, -0.2) is 0 Å². The van der Waals surface area contributed by atoms with Crippen LogP contribution in [0.15, 0.2) is 36.4 Å². The number of hydrogen-bond acceptors (Lipinski definition) is 6. The van der Waals surface area contributed by atoms with Gasteiger partial charge in [-0.15, -0.1) is 0 Å². The van der Waals surface area contributed by atoms with Gasteiger partial charge in [0.1, 0.15) is 17.2 Å². The standard InChI is InChI=1S/C20H17F3O6/c1-26-10-8-13(27-2)16-14(9-10)29-19(25)17(18(24)28-3)15(16)11-6-4-5-7-12(11)20(21,22)23/h4-9,15,17H,1-3H3/t15-,17-/m1/s1. The molecule has 0 aromatic heterocycles. The molecule has 3 rings (SSSR count). The molecule has 1 heterocycles. The van der Waals surface area contributed by atoms with Crippen LogP contribution in [0.1, 0.15) is 22.6 Å². The molecule has 0 saturated heterocycles. The highest BCUT2D eigenvalue weighted by atomic mass is 19.4. The van der Waals surface area contributed by atoms with Crippen LogP contribution in [0.2, 0.25) is 0 Å². The van der Waals surface area contributed by atoms with E-state index in [1.807, 2.05) is 0 Å². The van der Waals surface area contributed by atoms with Crippen LogP contribution in [0.3, 0.4) is 0 Å². The van der Waals surface area contributed by atoms with Crippen LogP contribution in [-0.4, -0.2) is 33.3 Å². The third-order valence-corrected chi connectivity index (χ3v) is 4.70. The molecule has 2 atom stereocenters. The first-order valence-electron chi connectivity index (χ1n) is 8.44. The maximum absolute atomic E-state index is 13.7. The summed E-state index contributed by atoms with van der Waals surface area (Å²) in [6, 6.07) is 7.53. The first-order valence-corrected chi connectivity index (χ1v) is 8.44. The lowest BCUT2D eigenvalue weighted by Crippen LogP contribution is -2.39. The maximum Gasteiger partial charge on any atom is 0.416 e. The van der Waals surface area contributed by atoms with E-state index in [9.17, 15) is 22.8 Å². The highest BCUT2D eigenvalue weighted by Gasteiger charge is 2.49. The van der Waals surface area contributed by atoms with Gasteiger partial charge in [0.05, 0.1) is 26.9 Å². The lowest BCUT2D eigenvalue weighted by Gasteiger charge is -2.33. The zero-order valence-electron chi connectivity index (χ0n) is 15.7. The van der Waals surface area contributed by atoms with Crippen molar-refractivity contribution < 1.29 is 41.7 Å². The molecule has 154 valence electrons. The molecule has 0 amide bonds. The second kappa shape index (κ2) is 7.65. The van der Waals surface area contributed by atoms with E-state index >= 15 is 0 Å². The van der Waals surface area contributed by atoms with Gasteiger partial charge in [0, 0.05) is 23.6 Å². The molecule has 0 aliphatic carbocycles. The minimum absolute atomic E-state index is 0.0478. The molecule has 6 nitrogen and oxygen atoms in total. The van der Waals surface area contributed by atoms with E-state index < -0.39 is 35.5 Å². The zero-order chi connectivity index (χ0) is 21.3. The lowest BCUT2D eigenvalue weighted by atomic mass is 9.76. The van der Waals surface area contributed by atoms with Gasteiger partial charge in [0.2, 0.25) is 0 Å². The SMILES string of the molecule is COC(=O)[C@@H]1C(=O)Oc2cc(OC)cc(OC)c2[C@H]1c1ccccc1C(F)(F)F. The second-order valence-electron chi connectivity index (χ2n) is 6.23. The molecule has 29 heavy (non-hydrogen) atoms. The molecular formula is C20H17F3O6. The molecule has 0 fully saturated rings. The third kappa shape index (κ3) is 3.59. The number of halogens is 3. The smallest absolute Gasteiger partial charge is 0.416 e. The summed E-state index contributed by atoms with van der Waals surface area (Å²) in [6.07, 6.45) is -4.71. The second-order valence-corrected chi connectivity index (χ2v) is 6.23. The van der Waals surface area contributed by atoms with Crippen molar-refractivity contribution in [2.24, 2.45) is 5.92 Å². The Hall–Kier alpha value is -3.23. The highest BCUT2D eigenvalue weighted by Crippen LogP contribution is 2.51. The van der Waals surface area contributed by atoms with E-state index in [1.165, 1.54) is 44.6 Å². The van der Waals surface area contributed by atoms with Crippen molar-refractivity contribution in [2.75, 3.05) is 21.3 Å². The van der Waals surface area contributed by atoms with Gasteiger partial charge in [-0.3, -0.25) is 9.59 Å². The summed E-state index contributed by atoms with van der Waals surface area (Å²) in [4.78, 5) is 25.0. The van der Waals surface area contributed by atoms with Crippen molar-refractivity contribution in [3.63, 3.8) is 0 Å². The normalized spacial score (nSPS) is 18.5. The number of esters is 2. The number of benzene rings is 2. The molecule has 1 aliphatic rings. The lowest BCUT2D eigenvalue weighted by molar-refractivity contribution is -0.158. The molecule has 9 heteroatoms. The van der Waals surface area contributed by atoms with E-state index in [2.05, 4.69) is 4.74 Å². The average molecular weight is 410 g/mol. The Morgan fingerprint density at radius 1 is 1.07 bits per heavy atom.